The van der Waals surface area contributed by atoms with Crippen LogP contribution in [0.25, 0.3) is 22.3 Å². The van der Waals surface area contributed by atoms with Gasteiger partial charge in [-0.25, -0.2) is 14.2 Å². The lowest BCUT2D eigenvalue weighted by Gasteiger charge is -2.31. The Balaban J connectivity index is 0.509. The molecule has 6 aliphatic rings. The Morgan fingerprint density at radius 3 is 1.82 bits per heavy atom. The van der Waals surface area contributed by atoms with E-state index in [-0.39, 0.29) is 93.1 Å². The van der Waals surface area contributed by atoms with Crippen molar-refractivity contribution in [3.8, 4) is 11.4 Å². The van der Waals surface area contributed by atoms with Crippen LogP contribution in [-0.2, 0) is 132 Å². The van der Waals surface area contributed by atoms with Gasteiger partial charge in [0.05, 0.1) is 167 Å². The molecule has 3 aliphatic heterocycles. The van der Waals surface area contributed by atoms with Gasteiger partial charge in [-0.05, 0) is 98.9 Å². The van der Waals surface area contributed by atoms with Crippen molar-refractivity contribution >= 4 is 70.0 Å². The second kappa shape index (κ2) is 41.3. The number of carbonyl (C=O) groups is 10. The molecule has 33 nitrogen and oxygen atoms in total. The molecular weight excluding hydrogens is 1440 g/mol. The monoisotopic (exact) mass is 1540 g/mol. The molecular formula is C76H99FN10O23. The van der Waals surface area contributed by atoms with E-state index in [2.05, 4.69) is 37.2 Å². The molecule has 10 rings (SSSR count). The van der Waals surface area contributed by atoms with Gasteiger partial charge in [0.1, 0.15) is 37.4 Å². The van der Waals surface area contributed by atoms with Gasteiger partial charge in [-0.15, -0.1) is 0 Å². The smallest absolute Gasteiger partial charge is 0.343 e. The molecule has 0 spiro atoms. The molecule has 0 radical (unpaired) electrons. The van der Waals surface area contributed by atoms with Crippen molar-refractivity contribution in [3.05, 3.63) is 110 Å². The van der Waals surface area contributed by atoms with Crippen LogP contribution < -0.4 is 42.8 Å². The van der Waals surface area contributed by atoms with Crippen molar-refractivity contribution < 1.29 is 110 Å². The second-order valence-electron chi connectivity index (χ2n) is 27.4. The number of cyclic esters (lactones) is 1. The van der Waals surface area contributed by atoms with Crippen LogP contribution in [0, 0.1) is 24.6 Å². The van der Waals surface area contributed by atoms with E-state index >= 15 is 4.39 Å². The SMILES string of the molecule is CC[C@@]1(O)C(=O)OCc2c1cc1n(c2=O)Cc2c-1nc1cc(F)c(C)c3c1c2[C@@H](NC(=O)C1(OCNC(=O)CNC(=O)[C@H](Cc2ccccc2)NC(=O)CNC(=O)CNC(=O)COCCOCCOCCOCCOCCOCCOCCOCCOCCNC(=O)[C@H]2CC[C@H](CN4C(=O)C=CC4=O)CC2)CC1)CC3. The highest BCUT2D eigenvalue weighted by molar-refractivity contribution is 6.13. The lowest BCUT2D eigenvalue weighted by Crippen LogP contribution is -2.52. The number of halogens is 1. The van der Waals surface area contributed by atoms with Crippen molar-refractivity contribution in [2.24, 2.45) is 11.8 Å². The first-order valence-electron chi connectivity index (χ1n) is 37.5. The van der Waals surface area contributed by atoms with Crippen molar-refractivity contribution in [2.45, 2.75) is 114 Å². The fourth-order valence-corrected chi connectivity index (χ4v) is 13.7. The van der Waals surface area contributed by atoms with E-state index in [4.69, 9.17) is 57.1 Å². The average Bonchev–Trinajstić information content (AvgIpc) is 1.50. The quantitative estimate of drug-likeness (QED) is 0.0113. The fraction of sp³-hybridized carbons (Fsp3) is 0.579. The molecule has 2 saturated carbocycles. The molecule has 0 bridgehead atoms. The number of imide groups is 1. The third-order valence-corrected chi connectivity index (χ3v) is 20.0. The summed E-state index contributed by atoms with van der Waals surface area (Å²) < 4.78 is 77.7. The predicted molar refractivity (Wildman–Crippen MR) is 387 cm³/mol. The van der Waals surface area contributed by atoms with Gasteiger partial charge in [-0.1, -0.05) is 37.3 Å². The minimum atomic E-state index is -2.06. The first kappa shape index (κ1) is 83.4. The lowest BCUT2D eigenvalue weighted by molar-refractivity contribution is -0.172. The third kappa shape index (κ3) is 22.8. The molecule has 2 aromatic heterocycles. The van der Waals surface area contributed by atoms with Gasteiger partial charge in [0, 0.05) is 60.2 Å². The number of esters is 1. The van der Waals surface area contributed by atoms with E-state index in [9.17, 15) is 57.8 Å². The summed E-state index contributed by atoms with van der Waals surface area (Å²) in [6, 6.07) is 9.85. The number of ether oxygens (including phenoxy) is 11. The van der Waals surface area contributed by atoms with Gasteiger partial charge in [-0.3, -0.25) is 52.8 Å². The van der Waals surface area contributed by atoms with Gasteiger partial charge in [0.2, 0.25) is 35.4 Å². The van der Waals surface area contributed by atoms with Crippen LogP contribution >= 0.6 is 0 Å². The van der Waals surface area contributed by atoms with Crippen LogP contribution in [0.2, 0.25) is 0 Å². The Morgan fingerprint density at radius 1 is 0.655 bits per heavy atom. The number of carbonyl (C=O) groups excluding carboxylic acids is 10. The lowest BCUT2D eigenvalue weighted by atomic mass is 9.81. The molecule has 0 unspecified atom stereocenters. The zero-order valence-electron chi connectivity index (χ0n) is 62.1. The highest BCUT2D eigenvalue weighted by Gasteiger charge is 2.53. The number of aryl methyl sites for hydroxylation is 1. The number of aromatic nitrogens is 2. The van der Waals surface area contributed by atoms with Gasteiger partial charge >= 0.3 is 5.97 Å². The molecule has 8 N–H and O–H groups in total. The maximum absolute atomic E-state index is 15.5. The number of hydrogen-bond acceptors (Lipinski definition) is 24. The summed E-state index contributed by atoms with van der Waals surface area (Å²) in [5.74, 6) is -5.56. The van der Waals surface area contributed by atoms with Crippen LogP contribution in [0.15, 0.2) is 59.4 Å². The number of rotatable bonds is 48. The van der Waals surface area contributed by atoms with Gasteiger partial charge in [0.25, 0.3) is 23.3 Å². The van der Waals surface area contributed by atoms with E-state index in [0.29, 0.717) is 176 Å². The van der Waals surface area contributed by atoms with E-state index < -0.39 is 102 Å². The molecule has 3 aliphatic carbocycles. The highest BCUT2D eigenvalue weighted by Crippen LogP contribution is 2.47. The summed E-state index contributed by atoms with van der Waals surface area (Å²) in [5.41, 5.74) is 0.554. The summed E-state index contributed by atoms with van der Waals surface area (Å²) in [4.78, 5) is 148. The molecule has 4 aromatic rings. The topological polar surface area (TPSA) is 415 Å². The zero-order chi connectivity index (χ0) is 78.0. The van der Waals surface area contributed by atoms with Crippen molar-refractivity contribution in [1.29, 1.82) is 0 Å². The molecule has 2 aromatic carbocycles. The maximum atomic E-state index is 15.5. The minimum Gasteiger partial charge on any atom is -0.458 e. The van der Waals surface area contributed by atoms with Crippen molar-refractivity contribution in [1.82, 2.24) is 51.7 Å². The molecule has 9 amide bonds. The number of pyridine rings is 2. The minimum absolute atomic E-state index is 0.00583. The largest absolute Gasteiger partial charge is 0.458 e. The van der Waals surface area contributed by atoms with E-state index in [1.54, 1.807) is 50.2 Å². The van der Waals surface area contributed by atoms with Crippen molar-refractivity contribution in [2.75, 3.05) is 158 Å². The van der Waals surface area contributed by atoms with Crippen LogP contribution in [-0.4, -0.2) is 249 Å². The van der Waals surface area contributed by atoms with Crippen LogP contribution in [0.5, 0.6) is 0 Å². The summed E-state index contributed by atoms with van der Waals surface area (Å²) >= 11 is 0. The Kier molecular flexibility index (Phi) is 31.3. The molecule has 2 fully saturated rings. The Bertz CT molecular complexity index is 4000. The van der Waals surface area contributed by atoms with Crippen LogP contribution in [0.3, 0.4) is 0 Å². The standard InChI is InChI=1S/C76H99FN10O23/c1-3-76(99)55-38-60-69-53(44-86(60)72(96)54(55)45-109-74(76)98)68-57(14-13-52-48(2)56(77)39-58(84-69)67(52)68)85-73(97)75(17-18-75)110-47-82-62(89)41-81-71(95)59(37-49-7-5-4-6-8-49)83-63(90)42-79-61(88)40-80-64(91)46-108-36-35-107-34-33-106-32-31-105-30-29-104-28-27-103-26-25-102-24-23-101-22-21-100-20-19-78-70(94)51-11-9-50(10-12-51)43-87-65(92)15-16-66(87)93/h4-8,15-16,38-39,50-51,57,59,99H,3,9-14,17-37,40-47H2,1-2H3,(H,78,94)(H,79,88)(H,80,91)(H,81,95)(H,82,89)(H,83,90)(H,85,97)/t50-,51-,57-,59-,76-/m0/s1. The maximum Gasteiger partial charge on any atom is 0.343 e. The third-order valence-electron chi connectivity index (χ3n) is 20.0. The van der Waals surface area contributed by atoms with Gasteiger partial charge < -0.3 is 99.0 Å². The summed E-state index contributed by atoms with van der Waals surface area (Å²) in [7, 11) is 0. The first-order chi connectivity index (χ1) is 53.3. The van der Waals surface area contributed by atoms with Crippen LogP contribution in [0.4, 0.5) is 4.39 Å². The number of fused-ring (bicyclic) bond motifs is 5. The number of hydrogen-bond donors (Lipinski definition) is 8. The Morgan fingerprint density at radius 2 is 1.22 bits per heavy atom. The molecule has 598 valence electrons. The number of aliphatic hydroxyl groups is 1. The van der Waals surface area contributed by atoms with Gasteiger partial charge in [0.15, 0.2) is 5.60 Å². The number of benzene rings is 2. The molecule has 0 saturated heterocycles. The summed E-state index contributed by atoms with van der Waals surface area (Å²) in [6.07, 6.45) is 7.03. The Labute approximate surface area is 634 Å². The predicted octanol–water partition coefficient (Wildman–Crippen LogP) is 0.327. The van der Waals surface area contributed by atoms with Crippen molar-refractivity contribution in [3.63, 3.8) is 0 Å². The highest BCUT2D eigenvalue weighted by atomic mass is 19.1. The average molecular weight is 1540 g/mol. The number of nitrogens with one attached hydrogen (secondary N) is 7. The fourth-order valence-electron chi connectivity index (χ4n) is 13.7. The normalized spacial score (nSPS) is 18.7. The number of amides is 9. The number of nitrogens with zero attached hydrogens (tertiary/aromatic N) is 3. The Hall–Kier alpha value is -9.07. The van der Waals surface area contributed by atoms with E-state index in [1.165, 1.54) is 27.7 Å². The van der Waals surface area contributed by atoms with E-state index in [0.717, 1.165) is 31.2 Å². The molecule has 5 heterocycles. The van der Waals surface area contributed by atoms with Crippen LogP contribution in [0.1, 0.15) is 103 Å². The molecule has 3 atom stereocenters. The van der Waals surface area contributed by atoms with Gasteiger partial charge in [-0.2, -0.15) is 0 Å². The second-order valence-corrected chi connectivity index (χ2v) is 27.4. The summed E-state index contributed by atoms with van der Waals surface area (Å²) in [5, 5.41) is 30.7. The molecule has 110 heavy (non-hydrogen) atoms. The summed E-state index contributed by atoms with van der Waals surface area (Å²) in [6.45, 7) is 7.49. The zero-order valence-corrected chi connectivity index (χ0v) is 62.1. The first-order valence-corrected chi connectivity index (χ1v) is 37.5. The molecule has 34 heteroatoms. The van der Waals surface area contributed by atoms with E-state index in [1.807, 2.05) is 0 Å².